The van der Waals surface area contributed by atoms with Gasteiger partial charge in [0.2, 0.25) is 0 Å². The Bertz CT molecular complexity index is 1090. The van der Waals surface area contributed by atoms with Crippen LogP contribution in [-0.4, -0.2) is 98.3 Å². The Balaban J connectivity index is 2.42. The second-order valence-electron chi connectivity index (χ2n) is 16.6. The van der Waals surface area contributed by atoms with Crippen LogP contribution in [-0.2, 0) is 32.7 Å². The van der Waals surface area contributed by atoms with Crippen molar-refractivity contribution in [3.05, 3.63) is 12.2 Å². The minimum absolute atomic E-state index is 0.0902. The van der Waals surface area contributed by atoms with Gasteiger partial charge in [-0.3, -0.25) is 18.6 Å². The Morgan fingerprint density at radius 2 is 0.864 bits per heavy atom. The maximum Gasteiger partial charge on any atom is 0.472 e. The lowest BCUT2D eigenvalue weighted by atomic mass is 9.85. The molecule has 0 aromatic rings. The number of aliphatic hydroxyl groups excluding tert-OH is 5. The maximum atomic E-state index is 12.8. The van der Waals surface area contributed by atoms with Gasteiger partial charge in [-0.15, -0.1) is 0 Å². The highest BCUT2D eigenvalue weighted by atomic mass is 31.2. The van der Waals surface area contributed by atoms with Gasteiger partial charge in [0, 0.05) is 12.8 Å². The number of esters is 2. The highest BCUT2D eigenvalue weighted by Crippen LogP contribution is 2.47. The summed E-state index contributed by atoms with van der Waals surface area (Å²) in [5.41, 5.74) is 0. The van der Waals surface area contributed by atoms with Crippen molar-refractivity contribution in [1.82, 2.24) is 0 Å². The summed E-state index contributed by atoms with van der Waals surface area (Å²) in [6.45, 7) is 3.28. The first-order valence-electron chi connectivity index (χ1n) is 23.5. The molecule has 0 spiro atoms. The molecule has 1 aliphatic rings. The molecule has 13 nitrogen and oxygen atoms in total. The lowest BCUT2D eigenvalue weighted by Crippen LogP contribution is -2.64. The number of allylic oxidation sites excluding steroid dienone is 2. The van der Waals surface area contributed by atoms with Crippen LogP contribution in [0.3, 0.4) is 0 Å². The van der Waals surface area contributed by atoms with Crippen molar-refractivity contribution in [3.8, 4) is 0 Å². The maximum absolute atomic E-state index is 12.8. The lowest BCUT2D eigenvalue weighted by molar-refractivity contribution is -0.220. The summed E-state index contributed by atoms with van der Waals surface area (Å²) in [6.07, 6.45) is 24.2. The molecule has 0 saturated heterocycles. The van der Waals surface area contributed by atoms with Crippen LogP contribution < -0.4 is 0 Å². The highest BCUT2D eigenvalue weighted by Gasteiger charge is 2.51. The minimum Gasteiger partial charge on any atom is -0.462 e. The molecule has 1 fully saturated rings. The van der Waals surface area contributed by atoms with E-state index in [1.54, 1.807) is 0 Å². The third-order valence-corrected chi connectivity index (χ3v) is 12.1. The molecule has 1 rings (SSSR count). The molecule has 59 heavy (non-hydrogen) atoms. The van der Waals surface area contributed by atoms with E-state index in [0.717, 1.165) is 57.8 Å². The molecule has 0 amide bonds. The fourth-order valence-corrected chi connectivity index (χ4v) is 8.26. The number of rotatable bonds is 39. The number of unbranched alkanes of at least 4 members (excludes halogenated alkanes) is 25. The summed E-state index contributed by atoms with van der Waals surface area (Å²) >= 11 is 0. The van der Waals surface area contributed by atoms with Crippen molar-refractivity contribution < 1.29 is 63.1 Å². The molecular weight excluding hydrogens is 779 g/mol. The number of ether oxygens (including phenoxy) is 2. The molecule has 6 N–H and O–H groups in total. The van der Waals surface area contributed by atoms with Gasteiger partial charge in [-0.1, -0.05) is 167 Å². The monoisotopic (exact) mass is 865 g/mol. The molecule has 14 heteroatoms. The summed E-state index contributed by atoms with van der Waals surface area (Å²) in [5, 5.41) is 50.1. The normalized spacial score (nSPS) is 22.4. The zero-order valence-corrected chi connectivity index (χ0v) is 37.7. The van der Waals surface area contributed by atoms with E-state index in [1.165, 1.54) is 109 Å². The number of phosphoric ester groups is 1. The van der Waals surface area contributed by atoms with Crippen LogP contribution in [0.15, 0.2) is 12.2 Å². The third-order valence-electron chi connectivity index (χ3n) is 11.1. The van der Waals surface area contributed by atoms with Gasteiger partial charge in [-0.05, 0) is 38.5 Å². The van der Waals surface area contributed by atoms with Gasteiger partial charge in [0.25, 0.3) is 0 Å². The number of carbonyl (C=O) groups is 2. The van der Waals surface area contributed by atoms with Gasteiger partial charge in [-0.2, -0.15) is 0 Å². The van der Waals surface area contributed by atoms with E-state index >= 15 is 0 Å². The number of hydrogen-bond donors (Lipinski definition) is 6. The van der Waals surface area contributed by atoms with E-state index in [0.29, 0.717) is 12.8 Å². The van der Waals surface area contributed by atoms with Crippen LogP contribution in [0.5, 0.6) is 0 Å². The van der Waals surface area contributed by atoms with Crippen LogP contribution >= 0.6 is 7.82 Å². The van der Waals surface area contributed by atoms with E-state index in [1.807, 2.05) is 0 Å². The first kappa shape index (κ1) is 55.6. The first-order chi connectivity index (χ1) is 28.4. The van der Waals surface area contributed by atoms with E-state index in [-0.39, 0.29) is 12.8 Å². The van der Waals surface area contributed by atoms with E-state index in [9.17, 15) is 44.6 Å². The molecule has 0 heterocycles. The summed E-state index contributed by atoms with van der Waals surface area (Å²) in [6, 6.07) is 0. The summed E-state index contributed by atoms with van der Waals surface area (Å²) in [5.74, 6) is -1.10. The van der Waals surface area contributed by atoms with Crippen LogP contribution in [0, 0.1) is 0 Å². The fourth-order valence-electron chi connectivity index (χ4n) is 7.28. The molecular formula is C45H85O13P. The SMILES string of the molecule is CCCCC/C=C/CCCCCCCC(=O)O[C@@H](COC(=O)CCCCCCCCCCCCCCCCCCCC)COP(=O)(O)OC1C(O)C(O)C(O)[C@H](O)C1O. The van der Waals surface area contributed by atoms with Gasteiger partial charge in [0.05, 0.1) is 6.61 Å². The smallest absolute Gasteiger partial charge is 0.462 e. The average molecular weight is 865 g/mol. The molecule has 0 aromatic heterocycles. The Hall–Kier alpha value is -1.41. The molecule has 0 bridgehead atoms. The second kappa shape index (κ2) is 36.1. The summed E-state index contributed by atoms with van der Waals surface area (Å²) in [4.78, 5) is 35.7. The van der Waals surface area contributed by atoms with Crippen molar-refractivity contribution in [2.24, 2.45) is 0 Å². The first-order valence-corrected chi connectivity index (χ1v) is 25.0. The van der Waals surface area contributed by atoms with Crippen LogP contribution in [0.4, 0.5) is 0 Å². The molecule has 0 aromatic carbocycles. The standard InChI is InChI=1S/C45H85O13P/c1-3-5-7-9-11-13-15-17-18-19-20-21-22-24-25-27-29-31-33-38(46)55-35-37(57-39(47)34-32-30-28-26-23-16-14-12-10-8-6-4-2)36-56-59(53,54)58-45-43(51)41(49)40(48)42(50)44(45)52/h12,14,37,40-45,48-52H,3-11,13,15-36H2,1-2H3,(H,53,54)/b14-12+/t37-,40?,41-,42?,43?,44?,45?/m0/s1. The number of phosphoric acid groups is 1. The average Bonchev–Trinajstić information content (AvgIpc) is 3.21. The third kappa shape index (κ3) is 28.7. The van der Waals surface area contributed by atoms with Gasteiger partial charge < -0.3 is 39.9 Å². The van der Waals surface area contributed by atoms with Crippen molar-refractivity contribution in [2.75, 3.05) is 13.2 Å². The predicted molar refractivity (Wildman–Crippen MR) is 231 cm³/mol. The van der Waals surface area contributed by atoms with Gasteiger partial charge in [0.1, 0.15) is 43.2 Å². The number of aliphatic hydroxyl groups is 5. The molecule has 8 atom stereocenters. The lowest BCUT2D eigenvalue weighted by Gasteiger charge is -2.41. The van der Waals surface area contributed by atoms with Crippen LogP contribution in [0.25, 0.3) is 0 Å². The van der Waals surface area contributed by atoms with Crippen molar-refractivity contribution in [1.29, 1.82) is 0 Å². The Morgan fingerprint density at radius 1 is 0.508 bits per heavy atom. The molecule has 6 unspecified atom stereocenters. The molecule has 1 saturated carbocycles. The topological polar surface area (TPSA) is 210 Å². The summed E-state index contributed by atoms with van der Waals surface area (Å²) < 4.78 is 33.5. The van der Waals surface area contributed by atoms with E-state index in [2.05, 4.69) is 26.0 Å². The summed E-state index contributed by atoms with van der Waals surface area (Å²) in [7, 11) is -5.11. The highest BCUT2D eigenvalue weighted by molar-refractivity contribution is 7.47. The Morgan fingerprint density at radius 3 is 1.32 bits per heavy atom. The molecule has 0 radical (unpaired) electrons. The molecule has 348 valence electrons. The molecule has 1 aliphatic carbocycles. The van der Waals surface area contributed by atoms with Gasteiger partial charge in [0.15, 0.2) is 6.10 Å². The number of carbonyl (C=O) groups excluding carboxylic acids is 2. The number of hydrogen-bond acceptors (Lipinski definition) is 12. The van der Waals surface area contributed by atoms with Crippen LogP contribution in [0.1, 0.15) is 206 Å². The Kier molecular flexibility index (Phi) is 34.0. The quantitative estimate of drug-likeness (QED) is 0.0148. The van der Waals surface area contributed by atoms with Crippen molar-refractivity contribution >= 4 is 19.8 Å². The van der Waals surface area contributed by atoms with Gasteiger partial charge >= 0.3 is 19.8 Å². The molecule has 0 aliphatic heterocycles. The predicted octanol–water partition coefficient (Wildman–Crippen LogP) is 9.06. The van der Waals surface area contributed by atoms with E-state index < -0.39 is 75.7 Å². The van der Waals surface area contributed by atoms with Crippen LogP contribution in [0.2, 0.25) is 0 Å². The van der Waals surface area contributed by atoms with E-state index in [4.69, 9.17) is 18.5 Å². The van der Waals surface area contributed by atoms with Crippen molar-refractivity contribution in [3.63, 3.8) is 0 Å². The van der Waals surface area contributed by atoms with Gasteiger partial charge in [-0.25, -0.2) is 4.57 Å². The van der Waals surface area contributed by atoms with Crippen molar-refractivity contribution in [2.45, 2.75) is 249 Å². The second-order valence-corrected chi connectivity index (χ2v) is 18.0. The Labute approximate surface area is 356 Å². The minimum atomic E-state index is -5.11. The zero-order chi connectivity index (χ0) is 43.6. The fraction of sp³-hybridized carbons (Fsp3) is 0.911. The largest absolute Gasteiger partial charge is 0.472 e. The zero-order valence-electron chi connectivity index (χ0n) is 36.8.